The number of aliphatic imine (C=N–C) groups is 1. The molecule has 0 aromatic heterocycles. The number of methoxy groups -OCH3 is 1. The highest BCUT2D eigenvalue weighted by Gasteiger charge is 2.12. The Hall–Kier alpha value is -1.84. The summed E-state index contributed by atoms with van der Waals surface area (Å²) in [5.41, 5.74) is 3.89. The van der Waals surface area contributed by atoms with Crippen LogP contribution in [0.5, 0.6) is 5.75 Å². The Kier molecular flexibility index (Phi) is 12.6. The largest absolute Gasteiger partial charge is 0.497 e. The minimum atomic E-state index is 0. The van der Waals surface area contributed by atoms with Crippen molar-refractivity contribution in [3.05, 3.63) is 65.2 Å². The van der Waals surface area contributed by atoms with Crippen molar-refractivity contribution in [2.75, 3.05) is 53.4 Å². The Bertz CT molecular complexity index is 826. The summed E-state index contributed by atoms with van der Waals surface area (Å²) in [6.07, 6.45) is 2.19. The van der Waals surface area contributed by atoms with Crippen LogP contribution in [0.15, 0.2) is 53.5 Å². The number of nitrogens with one attached hydrogen (secondary N) is 2. The third-order valence-corrected chi connectivity index (χ3v) is 5.87. The summed E-state index contributed by atoms with van der Waals surface area (Å²) in [5.74, 6) is 1.75. The Morgan fingerprint density at radius 3 is 2.30 bits per heavy atom. The van der Waals surface area contributed by atoms with Crippen molar-refractivity contribution >= 4 is 29.9 Å². The van der Waals surface area contributed by atoms with Gasteiger partial charge in [-0.25, -0.2) is 4.99 Å². The van der Waals surface area contributed by atoms with E-state index in [1.165, 1.54) is 36.2 Å². The maximum absolute atomic E-state index is 5.22. The van der Waals surface area contributed by atoms with Crippen molar-refractivity contribution in [1.82, 2.24) is 20.4 Å². The Labute approximate surface area is 216 Å². The number of nitrogens with zero attached hydrogens (tertiary/aromatic N) is 3. The highest BCUT2D eigenvalue weighted by molar-refractivity contribution is 14.0. The summed E-state index contributed by atoms with van der Waals surface area (Å²) in [6, 6.07) is 17.2. The summed E-state index contributed by atoms with van der Waals surface area (Å²) in [4.78, 5) is 9.75. The van der Waals surface area contributed by atoms with Gasteiger partial charge in [-0.1, -0.05) is 36.4 Å². The highest BCUT2D eigenvalue weighted by Crippen LogP contribution is 2.12. The number of hydrogen-bond donors (Lipinski definition) is 2. The molecule has 0 spiro atoms. The van der Waals surface area contributed by atoms with Crippen molar-refractivity contribution in [1.29, 1.82) is 0 Å². The van der Waals surface area contributed by atoms with Gasteiger partial charge in [0, 0.05) is 32.7 Å². The first-order valence-corrected chi connectivity index (χ1v) is 11.8. The number of benzene rings is 2. The van der Waals surface area contributed by atoms with Crippen molar-refractivity contribution in [3.8, 4) is 5.75 Å². The van der Waals surface area contributed by atoms with E-state index in [2.05, 4.69) is 70.8 Å². The zero-order valence-electron chi connectivity index (χ0n) is 20.3. The molecule has 0 unspecified atom stereocenters. The van der Waals surface area contributed by atoms with Crippen LogP contribution in [0.2, 0.25) is 0 Å². The van der Waals surface area contributed by atoms with Gasteiger partial charge in [0.15, 0.2) is 5.96 Å². The van der Waals surface area contributed by atoms with E-state index in [4.69, 9.17) is 9.73 Å². The summed E-state index contributed by atoms with van der Waals surface area (Å²) in [6.45, 7) is 10.2. The average Bonchev–Trinajstić information content (AvgIpc) is 3.02. The second-order valence-electron chi connectivity index (χ2n) is 8.47. The molecule has 0 bridgehead atoms. The van der Waals surface area contributed by atoms with Crippen LogP contribution in [0.4, 0.5) is 0 Å². The second-order valence-corrected chi connectivity index (χ2v) is 8.47. The lowest BCUT2D eigenvalue weighted by molar-refractivity contribution is 0.269. The number of ether oxygens (including phenoxy) is 1. The maximum Gasteiger partial charge on any atom is 0.191 e. The molecule has 33 heavy (non-hydrogen) atoms. The van der Waals surface area contributed by atoms with Crippen LogP contribution >= 0.6 is 24.0 Å². The fraction of sp³-hybridized carbons (Fsp3) is 0.500. The SMILES string of the molecule is CCNC(=NCc1ccc(CN2CCCN(C)CC2)cc1)NCCc1ccc(OC)cc1.I. The molecule has 2 N–H and O–H groups in total. The molecule has 0 radical (unpaired) electrons. The van der Waals surface area contributed by atoms with E-state index in [0.717, 1.165) is 50.9 Å². The van der Waals surface area contributed by atoms with E-state index in [-0.39, 0.29) is 24.0 Å². The number of guanidine groups is 1. The van der Waals surface area contributed by atoms with Gasteiger partial charge < -0.3 is 20.3 Å². The topological polar surface area (TPSA) is 52.1 Å². The lowest BCUT2D eigenvalue weighted by Gasteiger charge is -2.20. The molecular weight excluding hydrogens is 525 g/mol. The summed E-state index contributed by atoms with van der Waals surface area (Å²) in [7, 11) is 3.91. The van der Waals surface area contributed by atoms with E-state index < -0.39 is 0 Å². The number of halogens is 1. The molecule has 0 atom stereocenters. The first kappa shape index (κ1) is 27.4. The summed E-state index contributed by atoms with van der Waals surface area (Å²) >= 11 is 0. The van der Waals surface area contributed by atoms with Crippen LogP contribution in [0.25, 0.3) is 0 Å². The molecule has 2 aromatic carbocycles. The number of rotatable bonds is 9. The Morgan fingerprint density at radius 2 is 1.61 bits per heavy atom. The van der Waals surface area contributed by atoms with Crippen LogP contribution in [-0.4, -0.2) is 69.2 Å². The van der Waals surface area contributed by atoms with Gasteiger partial charge in [-0.2, -0.15) is 0 Å². The minimum absolute atomic E-state index is 0. The Morgan fingerprint density at radius 1 is 0.909 bits per heavy atom. The van der Waals surface area contributed by atoms with Crippen LogP contribution in [-0.2, 0) is 19.5 Å². The molecule has 0 saturated carbocycles. The van der Waals surface area contributed by atoms with Crippen molar-refractivity contribution < 1.29 is 4.74 Å². The monoisotopic (exact) mass is 565 g/mol. The summed E-state index contributed by atoms with van der Waals surface area (Å²) < 4.78 is 5.22. The third-order valence-electron chi connectivity index (χ3n) is 5.87. The predicted molar refractivity (Wildman–Crippen MR) is 149 cm³/mol. The van der Waals surface area contributed by atoms with Gasteiger partial charge in [0.25, 0.3) is 0 Å². The molecule has 7 heteroatoms. The van der Waals surface area contributed by atoms with Gasteiger partial charge in [-0.15, -0.1) is 24.0 Å². The molecule has 2 aromatic rings. The lowest BCUT2D eigenvalue weighted by atomic mass is 10.1. The minimum Gasteiger partial charge on any atom is -0.497 e. The standard InChI is InChI=1S/C26H39N5O.HI/c1-4-27-26(28-15-14-22-10-12-25(32-3)13-11-22)29-20-23-6-8-24(9-7-23)21-31-17-5-16-30(2)18-19-31;/h6-13H,4-5,14-21H2,1-3H3,(H2,27,28,29);1H. The second kappa shape index (κ2) is 15.1. The van der Waals surface area contributed by atoms with Crippen LogP contribution in [0.3, 0.4) is 0 Å². The van der Waals surface area contributed by atoms with E-state index in [9.17, 15) is 0 Å². The fourth-order valence-electron chi connectivity index (χ4n) is 3.90. The molecule has 0 aliphatic carbocycles. The lowest BCUT2D eigenvalue weighted by Crippen LogP contribution is -2.38. The molecule has 1 saturated heterocycles. The van der Waals surface area contributed by atoms with Crippen LogP contribution in [0.1, 0.15) is 30.0 Å². The molecule has 1 fully saturated rings. The van der Waals surface area contributed by atoms with Gasteiger partial charge >= 0.3 is 0 Å². The zero-order valence-corrected chi connectivity index (χ0v) is 22.7. The normalized spacial score (nSPS) is 15.4. The summed E-state index contributed by atoms with van der Waals surface area (Å²) in [5, 5.41) is 6.78. The van der Waals surface area contributed by atoms with E-state index in [1.807, 2.05) is 12.1 Å². The van der Waals surface area contributed by atoms with E-state index >= 15 is 0 Å². The molecule has 0 amide bonds. The molecule has 6 nitrogen and oxygen atoms in total. The average molecular weight is 566 g/mol. The molecule has 1 aliphatic rings. The van der Waals surface area contributed by atoms with E-state index in [1.54, 1.807) is 7.11 Å². The molecule has 1 aliphatic heterocycles. The van der Waals surface area contributed by atoms with Crippen LogP contribution in [0, 0.1) is 0 Å². The van der Waals surface area contributed by atoms with Crippen molar-refractivity contribution in [2.45, 2.75) is 32.9 Å². The predicted octanol–water partition coefficient (Wildman–Crippen LogP) is 3.75. The number of hydrogen-bond acceptors (Lipinski definition) is 4. The highest BCUT2D eigenvalue weighted by atomic mass is 127. The fourth-order valence-corrected chi connectivity index (χ4v) is 3.90. The molecule has 182 valence electrons. The van der Waals surface area contributed by atoms with Gasteiger partial charge in [0.1, 0.15) is 5.75 Å². The third kappa shape index (κ3) is 9.90. The zero-order chi connectivity index (χ0) is 22.6. The molecular formula is C26H40IN5O. The first-order chi connectivity index (χ1) is 15.7. The van der Waals surface area contributed by atoms with Gasteiger partial charge in [-0.05, 0) is 68.7 Å². The quantitative estimate of drug-likeness (QED) is 0.276. The van der Waals surface area contributed by atoms with Crippen LogP contribution < -0.4 is 15.4 Å². The van der Waals surface area contributed by atoms with Gasteiger partial charge in [0.2, 0.25) is 0 Å². The first-order valence-electron chi connectivity index (χ1n) is 11.8. The van der Waals surface area contributed by atoms with E-state index in [0.29, 0.717) is 6.54 Å². The molecule has 3 rings (SSSR count). The molecule has 1 heterocycles. The number of likely N-dealkylation sites (N-methyl/N-ethyl adjacent to an activating group) is 1. The maximum atomic E-state index is 5.22. The van der Waals surface area contributed by atoms with Crippen molar-refractivity contribution in [2.24, 2.45) is 4.99 Å². The van der Waals surface area contributed by atoms with Gasteiger partial charge in [0.05, 0.1) is 13.7 Å². The van der Waals surface area contributed by atoms with Crippen molar-refractivity contribution in [3.63, 3.8) is 0 Å². The smallest absolute Gasteiger partial charge is 0.191 e. The Balaban J connectivity index is 0.00000385. The van der Waals surface area contributed by atoms with Gasteiger partial charge in [-0.3, -0.25) is 4.90 Å².